The number of aromatic nitrogens is 1. The number of nitrogens with zero attached hydrogens (tertiary/aromatic N) is 2. The minimum Gasteiger partial charge on any atom is -0.384 e. The molecule has 1 aromatic heterocycles. The van der Waals surface area contributed by atoms with Gasteiger partial charge in [-0.1, -0.05) is 19.3 Å². The van der Waals surface area contributed by atoms with Crippen LogP contribution in [0.1, 0.15) is 51.4 Å². The van der Waals surface area contributed by atoms with Crippen molar-refractivity contribution in [2.24, 2.45) is 5.92 Å². The average molecular weight is 273 g/mol. The lowest BCUT2D eigenvalue weighted by molar-refractivity contribution is 0.373. The van der Waals surface area contributed by atoms with E-state index >= 15 is 0 Å². The van der Waals surface area contributed by atoms with Crippen LogP contribution in [0, 0.1) is 5.92 Å². The molecule has 3 heteroatoms. The zero-order chi connectivity index (χ0) is 13.6. The van der Waals surface area contributed by atoms with E-state index in [1.54, 1.807) is 0 Å². The Morgan fingerprint density at radius 1 is 1.00 bits per heavy atom. The predicted molar refractivity (Wildman–Crippen MR) is 85.4 cm³/mol. The Morgan fingerprint density at radius 2 is 1.75 bits per heavy atom. The first-order valence-electron chi connectivity index (χ1n) is 8.37. The highest BCUT2D eigenvalue weighted by Gasteiger charge is 2.14. The number of nitrogens with one attached hydrogen (secondary N) is 1. The predicted octanol–water partition coefficient (Wildman–Crippen LogP) is 4.06. The van der Waals surface area contributed by atoms with E-state index in [1.807, 2.05) is 6.20 Å². The van der Waals surface area contributed by atoms with Gasteiger partial charge in [-0.15, -0.1) is 0 Å². The highest BCUT2D eigenvalue weighted by molar-refractivity contribution is 5.48. The summed E-state index contributed by atoms with van der Waals surface area (Å²) >= 11 is 0. The lowest BCUT2D eigenvalue weighted by Crippen LogP contribution is -2.30. The molecule has 2 aliphatic rings. The van der Waals surface area contributed by atoms with Crippen LogP contribution in [-0.2, 0) is 0 Å². The Balaban J connectivity index is 1.50. The normalized spacial score (nSPS) is 20.9. The molecule has 0 spiro atoms. The Hall–Kier alpha value is -1.25. The number of piperidine rings is 1. The van der Waals surface area contributed by atoms with Crippen molar-refractivity contribution >= 4 is 11.5 Å². The summed E-state index contributed by atoms with van der Waals surface area (Å²) in [5, 5.41) is 3.56. The summed E-state index contributed by atoms with van der Waals surface area (Å²) < 4.78 is 0. The van der Waals surface area contributed by atoms with Gasteiger partial charge in [-0.25, -0.2) is 4.98 Å². The zero-order valence-corrected chi connectivity index (χ0v) is 12.5. The monoisotopic (exact) mass is 273 g/mol. The number of hydrogen-bond acceptors (Lipinski definition) is 3. The molecule has 2 heterocycles. The van der Waals surface area contributed by atoms with E-state index in [-0.39, 0.29) is 0 Å². The van der Waals surface area contributed by atoms with Crippen LogP contribution in [0.4, 0.5) is 11.5 Å². The highest BCUT2D eigenvalue weighted by atomic mass is 15.2. The summed E-state index contributed by atoms with van der Waals surface area (Å²) in [7, 11) is 0. The van der Waals surface area contributed by atoms with Gasteiger partial charge in [0, 0.05) is 19.6 Å². The largest absolute Gasteiger partial charge is 0.384 e. The zero-order valence-electron chi connectivity index (χ0n) is 12.5. The summed E-state index contributed by atoms with van der Waals surface area (Å²) in [5.74, 6) is 2.01. The van der Waals surface area contributed by atoms with E-state index in [9.17, 15) is 0 Å². The van der Waals surface area contributed by atoms with E-state index in [0.29, 0.717) is 0 Å². The van der Waals surface area contributed by atoms with Crippen molar-refractivity contribution in [1.29, 1.82) is 0 Å². The molecule has 1 N–H and O–H groups in total. The van der Waals surface area contributed by atoms with Crippen LogP contribution in [0.2, 0.25) is 0 Å². The molecule has 0 aromatic carbocycles. The third kappa shape index (κ3) is 3.65. The molecular weight excluding hydrogens is 246 g/mol. The molecule has 1 saturated heterocycles. The van der Waals surface area contributed by atoms with E-state index in [0.717, 1.165) is 18.3 Å². The fraction of sp³-hybridized carbons (Fsp3) is 0.706. The third-order valence-corrected chi connectivity index (χ3v) is 4.75. The molecule has 0 atom stereocenters. The SMILES string of the molecule is c1cc(N2CCCCC2)ncc1NCC1CCCCC1. The van der Waals surface area contributed by atoms with Crippen molar-refractivity contribution in [2.75, 3.05) is 29.9 Å². The number of pyridine rings is 1. The van der Waals surface area contributed by atoms with Gasteiger partial charge in [-0.2, -0.15) is 0 Å². The van der Waals surface area contributed by atoms with Crippen molar-refractivity contribution in [3.05, 3.63) is 18.3 Å². The van der Waals surface area contributed by atoms with Crippen LogP contribution < -0.4 is 10.2 Å². The van der Waals surface area contributed by atoms with E-state index < -0.39 is 0 Å². The second-order valence-electron chi connectivity index (χ2n) is 6.34. The fourth-order valence-electron chi connectivity index (χ4n) is 3.45. The fourth-order valence-corrected chi connectivity index (χ4v) is 3.45. The minimum atomic E-state index is 0.866. The van der Waals surface area contributed by atoms with Crippen molar-refractivity contribution in [1.82, 2.24) is 4.98 Å². The van der Waals surface area contributed by atoms with Crippen LogP contribution in [0.25, 0.3) is 0 Å². The first-order chi connectivity index (χ1) is 9.92. The lowest BCUT2D eigenvalue weighted by atomic mass is 9.89. The van der Waals surface area contributed by atoms with Crippen molar-refractivity contribution < 1.29 is 0 Å². The molecule has 3 rings (SSSR count). The van der Waals surface area contributed by atoms with Gasteiger partial charge in [0.2, 0.25) is 0 Å². The quantitative estimate of drug-likeness (QED) is 0.896. The van der Waals surface area contributed by atoms with E-state index in [1.165, 1.54) is 70.1 Å². The lowest BCUT2D eigenvalue weighted by Gasteiger charge is -2.27. The average Bonchev–Trinajstić information content (AvgIpc) is 2.55. The van der Waals surface area contributed by atoms with Crippen molar-refractivity contribution in [2.45, 2.75) is 51.4 Å². The van der Waals surface area contributed by atoms with Gasteiger partial charge in [-0.3, -0.25) is 0 Å². The van der Waals surface area contributed by atoms with Gasteiger partial charge in [0.15, 0.2) is 0 Å². The standard InChI is InChI=1S/C17H27N3/c1-3-7-15(8-4-1)13-18-16-9-10-17(19-14-16)20-11-5-2-6-12-20/h9-10,14-15,18H,1-8,11-13H2. The van der Waals surface area contributed by atoms with Crippen molar-refractivity contribution in [3.63, 3.8) is 0 Å². The van der Waals surface area contributed by atoms with Crippen LogP contribution >= 0.6 is 0 Å². The van der Waals surface area contributed by atoms with Gasteiger partial charge in [-0.05, 0) is 50.2 Å². The smallest absolute Gasteiger partial charge is 0.128 e. The Labute approximate surface area is 122 Å². The molecule has 0 amide bonds. The molecule has 1 saturated carbocycles. The number of anilines is 2. The number of rotatable bonds is 4. The summed E-state index contributed by atoms with van der Waals surface area (Å²) in [4.78, 5) is 7.04. The molecule has 0 bridgehead atoms. The Morgan fingerprint density at radius 3 is 2.45 bits per heavy atom. The first kappa shape index (κ1) is 13.7. The van der Waals surface area contributed by atoms with E-state index in [4.69, 9.17) is 0 Å². The Kier molecular flexibility index (Phi) is 4.77. The second kappa shape index (κ2) is 6.96. The van der Waals surface area contributed by atoms with Crippen molar-refractivity contribution in [3.8, 4) is 0 Å². The maximum atomic E-state index is 4.63. The molecule has 2 fully saturated rings. The topological polar surface area (TPSA) is 28.2 Å². The maximum Gasteiger partial charge on any atom is 0.128 e. The van der Waals surface area contributed by atoms with Crippen LogP contribution in [-0.4, -0.2) is 24.6 Å². The van der Waals surface area contributed by atoms with Gasteiger partial charge < -0.3 is 10.2 Å². The third-order valence-electron chi connectivity index (χ3n) is 4.75. The van der Waals surface area contributed by atoms with Crippen LogP contribution in [0.5, 0.6) is 0 Å². The molecule has 1 aromatic rings. The maximum absolute atomic E-state index is 4.63. The molecule has 0 radical (unpaired) electrons. The Bertz CT molecular complexity index is 389. The molecule has 1 aliphatic heterocycles. The van der Waals surface area contributed by atoms with E-state index in [2.05, 4.69) is 27.3 Å². The molecular formula is C17H27N3. The number of hydrogen-bond donors (Lipinski definition) is 1. The highest BCUT2D eigenvalue weighted by Crippen LogP contribution is 2.24. The summed E-state index contributed by atoms with van der Waals surface area (Å²) in [6, 6.07) is 4.37. The van der Waals surface area contributed by atoms with Gasteiger partial charge in [0.05, 0.1) is 11.9 Å². The van der Waals surface area contributed by atoms with Gasteiger partial charge >= 0.3 is 0 Å². The van der Waals surface area contributed by atoms with Gasteiger partial charge in [0.25, 0.3) is 0 Å². The minimum absolute atomic E-state index is 0.866. The van der Waals surface area contributed by atoms with Crippen LogP contribution in [0.3, 0.4) is 0 Å². The molecule has 0 unspecified atom stereocenters. The van der Waals surface area contributed by atoms with Crippen LogP contribution in [0.15, 0.2) is 18.3 Å². The molecule has 1 aliphatic carbocycles. The first-order valence-corrected chi connectivity index (χ1v) is 8.37. The molecule has 20 heavy (non-hydrogen) atoms. The molecule has 110 valence electrons. The molecule has 3 nitrogen and oxygen atoms in total. The summed E-state index contributed by atoms with van der Waals surface area (Å²) in [5.41, 5.74) is 1.18. The second-order valence-corrected chi connectivity index (χ2v) is 6.34. The van der Waals surface area contributed by atoms with Gasteiger partial charge in [0.1, 0.15) is 5.82 Å². The summed E-state index contributed by atoms with van der Waals surface area (Å²) in [6.07, 6.45) is 13.1. The summed E-state index contributed by atoms with van der Waals surface area (Å²) in [6.45, 7) is 3.45.